The quantitative estimate of drug-likeness (QED) is 0.0914. The number of fused-ring (bicyclic) bond motifs is 1. The lowest BCUT2D eigenvalue weighted by atomic mass is 9.89. The van der Waals surface area contributed by atoms with Crippen LogP contribution in [0.1, 0.15) is 86.4 Å². The summed E-state index contributed by atoms with van der Waals surface area (Å²) in [6.07, 6.45) is 1.47. The van der Waals surface area contributed by atoms with Gasteiger partial charge >= 0.3 is 0 Å². The normalized spacial score (nSPS) is 13.9. The number of rotatable bonds is 13. The van der Waals surface area contributed by atoms with Crippen LogP contribution in [0.4, 0.5) is 29.1 Å². The first-order valence-electron chi connectivity index (χ1n) is 18.6. The van der Waals surface area contributed by atoms with Gasteiger partial charge in [0.05, 0.1) is 23.0 Å². The second-order valence-corrected chi connectivity index (χ2v) is 13.3. The predicted molar refractivity (Wildman–Crippen MR) is 208 cm³/mol. The fourth-order valence-corrected chi connectivity index (χ4v) is 6.84. The number of alkyl halides is 2. The molecule has 3 heterocycles. The molecule has 1 aliphatic heterocycles. The van der Waals surface area contributed by atoms with Crippen molar-refractivity contribution in [3.05, 3.63) is 113 Å². The number of carbonyl (C=O) groups is 2. The van der Waals surface area contributed by atoms with Crippen molar-refractivity contribution in [2.45, 2.75) is 71.9 Å². The Kier molecular flexibility index (Phi) is 13.9. The Balaban J connectivity index is 0.00000285. The Hall–Kier alpha value is -5.43. The number of pyridine rings is 1. The van der Waals surface area contributed by atoms with E-state index in [4.69, 9.17) is 0 Å². The van der Waals surface area contributed by atoms with Crippen molar-refractivity contribution in [2.24, 2.45) is 0 Å². The molecule has 1 fully saturated rings. The van der Waals surface area contributed by atoms with E-state index in [1.807, 2.05) is 44.2 Å². The van der Waals surface area contributed by atoms with Crippen LogP contribution in [-0.4, -0.2) is 59.1 Å². The highest BCUT2D eigenvalue weighted by atomic mass is 19.3. The van der Waals surface area contributed by atoms with Crippen molar-refractivity contribution in [1.82, 2.24) is 25.4 Å². The number of amides is 2. The first-order valence-corrected chi connectivity index (χ1v) is 18.6. The van der Waals surface area contributed by atoms with Gasteiger partial charge in [0.2, 0.25) is 12.3 Å². The van der Waals surface area contributed by atoms with Gasteiger partial charge in [-0.2, -0.15) is 5.10 Å². The molecule has 0 bridgehead atoms. The minimum absolute atomic E-state index is 0.0783. The highest BCUT2D eigenvalue weighted by Gasteiger charge is 2.23. The van der Waals surface area contributed by atoms with E-state index >= 15 is 4.39 Å². The summed E-state index contributed by atoms with van der Waals surface area (Å²) < 4.78 is 56.9. The van der Waals surface area contributed by atoms with Crippen LogP contribution >= 0.6 is 0 Å². The molecule has 1 aliphatic rings. The molecule has 6 rings (SSSR count). The van der Waals surface area contributed by atoms with Gasteiger partial charge < -0.3 is 15.5 Å². The molecule has 2 aromatic heterocycles. The number of carbonyl (C=O) groups excluding carboxylic acids is 2. The molecule has 13 heteroatoms. The Morgan fingerprint density at radius 3 is 2.36 bits per heavy atom. The number of benzene rings is 3. The molecular formula is C42H47F4N7O2. The van der Waals surface area contributed by atoms with Crippen molar-refractivity contribution < 1.29 is 27.2 Å². The monoisotopic (exact) mass is 757 g/mol. The third kappa shape index (κ3) is 9.63. The second kappa shape index (κ2) is 18.7. The zero-order chi connectivity index (χ0) is 39.6. The van der Waals surface area contributed by atoms with E-state index in [9.17, 15) is 22.8 Å². The standard InChI is InChI=1S/C40H41F4N7O2.C2H6/c1-24(31-5-4-6-32(38(31)42)39(43)44)47-40-33-20-36(46-21-34(33)25(2)48-49-40)28-9-12-35(41)29(19-28)22-50-16-13-27(14-17-50)26-7-10-30(11-8-26)51(23-52)18-15-37(53)45-3;1-2/h4-12,19-21,23-24,27,39H,13-18,22H2,1-3H3,(H,45,53)(H,47,49);1-2H3. The smallest absolute Gasteiger partial charge is 0.266 e. The number of anilines is 2. The summed E-state index contributed by atoms with van der Waals surface area (Å²) in [7, 11) is 1.57. The van der Waals surface area contributed by atoms with Gasteiger partial charge in [0.25, 0.3) is 6.43 Å². The summed E-state index contributed by atoms with van der Waals surface area (Å²) in [5.41, 5.74) is 3.79. The summed E-state index contributed by atoms with van der Waals surface area (Å²) >= 11 is 0. The average molecular weight is 758 g/mol. The van der Waals surface area contributed by atoms with Crippen LogP contribution in [-0.2, 0) is 16.1 Å². The maximum atomic E-state index is 15.2. The molecule has 2 N–H and O–H groups in total. The van der Waals surface area contributed by atoms with Crippen LogP contribution in [0.15, 0.2) is 72.9 Å². The van der Waals surface area contributed by atoms with Crippen LogP contribution in [0.2, 0.25) is 0 Å². The first kappa shape index (κ1) is 40.7. The molecule has 0 aliphatic carbocycles. The first-order chi connectivity index (χ1) is 26.6. The lowest BCUT2D eigenvalue weighted by Gasteiger charge is -2.32. The number of likely N-dealkylation sites (tertiary alicyclic amines) is 1. The van der Waals surface area contributed by atoms with E-state index in [1.165, 1.54) is 28.7 Å². The highest BCUT2D eigenvalue weighted by Crippen LogP contribution is 2.34. The number of aromatic nitrogens is 3. The molecule has 9 nitrogen and oxygen atoms in total. The molecule has 1 atom stereocenters. The molecule has 0 saturated carbocycles. The largest absolute Gasteiger partial charge is 0.361 e. The van der Waals surface area contributed by atoms with E-state index in [1.54, 1.807) is 39.2 Å². The Morgan fingerprint density at radius 2 is 1.69 bits per heavy atom. The van der Waals surface area contributed by atoms with Crippen molar-refractivity contribution in [3.8, 4) is 11.3 Å². The lowest BCUT2D eigenvalue weighted by molar-refractivity contribution is -0.120. The van der Waals surface area contributed by atoms with Crippen LogP contribution in [0.25, 0.3) is 22.0 Å². The SMILES string of the molecule is CC.CNC(=O)CCN(C=O)c1ccc(C2CCN(Cc3cc(-c4cc5c(NC(C)c6cccc(C(F)F)c6F)nnc(C)c5cn4)ccc3F)CC2)cc1. The maximum absolute atomic E-state index is 15.2. The third-order valence-electron chi connectivity index (χ3n) is 9.97. The van der Waals surface area contributed by atoms with Crippen molar-refractivity contribution >= 4 is 34.6 Å². The average Bonchev–Trinajstić information content (AvgIpc) is 3.21. The van der Waals surface area contributed by atoms with Gasteiger partial charge in [-0.05, 0) is 87.7 Å². The number of nitrogens with one attached hydrogen (secondary N) is 2. The van der Waals surface area contributed by atoms with Gasteiger partial charge in [0.15, 0.2) is 5.82 Å². The Bertz CT molecular complexity index is 2090. The van der Waals surface area contributed by atoms with Gasteiger partial charge in [0.1, 0.15) is 11.6 Å². The molecule has 1 unspecified atom stereocenters. The van der Waals surface area contributed by atoms with Crippen LogP contribution in [0.3, 0.4) is 0 Å². The third-order valence-corrected chi connectivity index (χ3v) is 9.97. The van der Waals surface area contributed by atoms with Gasteiger partial charge in [-0.3, -0.25) is 19.5 Å². The van der Waals surface area contributed by atoms with E-state index in [0.29, 0.717) is 58.1 Å². The van der Waals surface area contributed by atoms with Crippen LogP contribution in [0, 0.1) is 18.6 Å². The molecule has 290 valence electrons. The zero-order valence-electron chi connectivity index (χ0n) is 31.8. The van der Waals surface area contributed by atoms with Gasteiger partial charge in [0, 0.05) is 65.9 Å². The van der Waals surface area contributed by atoms with E-state index in [-0.39, 0.29) is 23.7 Å². The van der Waals surface area contributed by atoms with Crippen molar-refractivity contribution in [2.75, 3.05) is 36.9 Å². The number of nitrogens with zero attached hydrogens (tertiary/aromatic N) is 5. The lowest BCUT2D eigenvalue weighted by Crippen LogP contribution is -2.32. The number of aryl methyl sites for hydroxylation is 1. The highest BCUT2D eigenvalue weighted by molar-refractivity contribution is 5.94. The summed E-state index contributed by atoms with van der Waals surface area (Å²) in [5, 5.41) is 15.6. The van der Waals surface area contributed by atoms with E-state index in [0.717, 1.165) is 44.1 Å². The second-order valence-electron chi connectivity index (χ2n) is 13.3. The fourth-order valence-electron chi connectivity index (χ4n) is 6.84. The molecule has 2 amide bonds. The fraction of sp³-hybridized carbons (Fsp3) is 0.357. The minimum atomic E-state index is -2.94. The number of hydrogen-bond acceptors (Lipinski definition) is 7. The van der Waals surface area contributed by atoms with Crippen LogP contribution < -0.4 is 15.5 Å². The Labute approximate surface area is 319 Å². The van der Waals surface area contributed by atoms with E-state index in [2.05, 4.69) is 30.7 Å². The number of hydrogen-bond donors (Lipinski definition) is 2. The molecule has 0 spiro atoms. The Morgan fingerprint density at radius 1 is 0.982 bits per heavy atom. The topological polar surface area (TPSA) is 103 Å². The molecular weight excluding hydrogens is 711 g/mol. The summed E-state index contributed by atoms with van der Waals surface area (Å²) in [6, 6.07) is 17.8. The zero-order valence-corrected chi connectivity index (χ0v) is 31.8. The van der Waals surface area contributed by atoms with Crippen molar-refractivity contribution in [3.63, 3.8) is 0 Å². The summed E-state index contributed by atoms with van der Waals surface area (Å²) in [5.74, 6) is -0.739. The van der Waals surface area contributed by atoms with Crippen molar-refractivity contribution in [1.29, 1.82) is 0 Å². The molecule has 5 aromatic rings. The predicted octanol–water partition coefficient (Wildman–Crippen LogP) is 8.89. The number of halogens is 4. The summed E-state index contributed by atoms with van der Waals surface area (Å²) in [4.78, 5) is 31.6. The molecule has 0 radical (unpaired) electrons. The molecule has 1 saturated heterocycles. The maximum Gasteiger partial charge on any atom is 0.266 e. The van der Waals surface area contributed by atoms with E-state index < -0.39 is 23.8 Å². The van der Waals surface area contributed by atoms with Gasteiger partial charge in [-0.25, -0.2) is 17.6 Å². The van der Waals surface area contributed by atoms with Gasteiger partial charge in [-0.15, -0.1) is 5.10 Å². The minimum Gasteiger partial charge on any atom is -0.361 e. The van der Waals surface area contributed by atoms with Gasteiger partial charge in [-0.1, -0.05) is 44.2 Å². The summed E-state index contributed by atoms with van der Waals surface area (Å²) in [6.45, 7) is 9.74. The molecule has 3 aromatic carbocycles. The molecule has 55 heavy (non-hydrogen) atoms. The number of piperidine rings is 1. The van der Waals surface area contributed by atoms with Crippen LogP contribution in [0.5, 0.6) is 0 Å².